The van der Waals surface area contributed by atoms with E-state index in [9.17, 15) is 0 Å². The highest BCUT2D eigenvalue weighted by Gasteiger charge is 2.46. The molecule has 8 heteroatoms. The van der Waals surface area contributed by atoms with Gasteiger partial charge in [-0.1, -0.05) is 20.8 Å². The van der Waals surface area contributed by atoms with Crippen molar-refractivity contribution in [3.8, 4) is 5.88 Å². The van der Waals surface area contributed by atoms with E-state index < -0.39 is 0 Å². The Labute approximate surface area is 262 Å². The number of hydrogen-bond acceptors (Lipinski definition) is 8. The Balaban J connectivity index is 1.76. The van der Waals surface area contributed by atoms with Crippen LogP contribution in [0.15, 0.2) is 12.3 Å². The van der Waals surface area contributed by atoms with Crippen molar-refractivity contribution >= 4 is 0 Å². The quantitative estimate of drug-likeness (QED) is 0.222. The van der Waals surface area contributed by atoms with E-state index in [1.165, 1.54) is 0 Å². The summed E-state index contributed by atoms with van der Waals surface area (Å²) in [6, 6.07) is 2.67. The van der Waals surface area contributed by atoms with Crippen molar-refractivity contribution in [1.82, 2.24) is 15.6 Å². The third-order valence-corrected chi connectivity index (χ3v) is 7.43. The number of pyridine rings is 1. The van der Waals surface area contributed by atoms with E-state index in [1.807, 2.05) is 6.20 Å². The Morgan fingerprint density at radius 3 is 2.05 bits per heavy atom. The minimum Gasteiger partial charge on any atom is -0.474 e. The Kier molecular flexibility index (Phi) is 12.5. The molecule has 248 valence electrons. The van der Waals surface area contributed by atoms with Crippen LogP contribution in [0.2, 0.25) is 0 Å². The zero-order chi connectivity index (χ0) is 32.1. The van der Waals surface area contributed by atoms with Gasteiger partial charge >= 0.3 is 0 Å². The van der Waals surface area contributed by atoms with Crippen LogP contribution in [0.25, 0.3) is 0 Å². The molecule has 0 aliphatic heterocycles. The molecule has 0 radical (unpaired) electrons. The van der Waals surface area contributed by atoms with Gasteiger partial charge in [0.25, 0.3) is 0 Å². The molecule has 8 nitrogen and oxygen atoms in total. The Morgan fingerprint density at radius 1 is 0.814 bits per heavy atom. The molecule has 3 atom stereocenters. The zero-order valence-electron chi connectivity index (χ0n) is 29.4. The van der Waals surface area contributed by atoms with Crippen LogP contribution >= 0.6 is 0 Å². The summed E-state index contributed by atoms with van der Waals surface area (Å²) in [7, 11) is 0. The zero-order valence-corrected chi connectivity index (χ0v) is 29.4. The molecule has 1 unspecified atom stereocenters. The standard InChI is InChI=1S/C35H63N3O5/c1-32(2,3)23-39-15-16-41-29-20-28(40-14-13-37-33(4,5)6)30(29)27-17-24(22-42-35(10,11)12)21-36-31(27)43-26-18-25(19-26)38-34(7,8)9/h17,21,25-26,28-30,37-38H,13-16,18-20,22-23H2,1-12H3/t25-,26+,28-,29-,30?/m0/s1. The van der Waals surface area contributed by atoms with Crippen LogP contribution in [-0.4, -0.2) is 79.0 Å². The van der Waals surface area contributed by atoms with Gasteiger partial charge in [0.05, 0.1) is 50.8 Å². The Morgan fingerprint density at radius 2 is 1.47 bits per heavy atom. The second-order valence-corrected chi connectivity index (χ2v) is 16.8. The van der Waals surface area contributed by atoms with Gasteiger partial charge in [-0.2, -0.15) is 0 Å². The first-order valence-electron chi connectivity index (χ1n) is 16.4. The van der Waals surface area contributed by atoms with E-state index >= 15 is 0 Å². The highest BCUT2D eigenvalue weighted by atomic mass is 16.5. The lowest BCUT2D eigenvalue weighted by atomic mass is 9.73. The lowest BCUT2D eigenvalue weighted by Gasteiger charge is -2.45. The van der Waals surface area contributed by atoms with E-state index in [-0.39, 0.29) is 46.3 Å². The summed E-state index contributed by atoms with van der Waals surface area (Å²) in [6.45, 7) is 29.7. The van der Waals surface area contributed by atoms with Gasteiger partial charge in [-0.05, 0) is 92.2 Å². The summed E-state index contributed by atoms with van der Waals surface area (Å²) in [5, 5.41) is 7.22. The van der Waals surface area contributed by atoms with Crippen molar-refractivity contribution in [3.05, 3.63) is 23.4 Å². The average Bonchev–Trinajstić information content (AvgIpc) is 2.80. The fourth-order valence-corrected chi connectivity index (χ4v) is 5.36. The summed E-state index contributed by atoms with van der Waals surface area (Å²) in [6.07, 6.45) is 4.86. The molecule has 2 N–H and O–H groups in total. The largest absolute Gasteiger partial charge is 0.474 e. The number of nitrogens with zero attached hydrogens (tertiary/aromatic N) is 1. The number of rotatable bonds is 15. The first-order chi connectivity index (χ1) is 19.8. The smallest absolute Gasteiger partial charge is 0.217 e. The van der Waals surface area contributed by atoms with Crippen LogP contribution in [0, 0.1) is 5.41 Å². The van der Waals surface area contributed by atoms with Crippen LogP contribution in [0.5, 0.6) is 5.88 Å². The second kappa shape index (κ2) is 14.9. The molecule has 1 heterocycles. The first kappa shape index (κ1) is 36.2. The topological polar surface area (TPSA) is 83.1 Å². The number of hydrogen-bond donors (Lipinski definition) is 2. The summed E-state index contributed by atoms with van der Waals surface area (Å²) in [5.74, 6) is 0.723. The molecule has 3 rings (SSSR count). The molecule has 0 aromatic carbocycles. The maximum Gasteiger partial charge on any atom is 0.217 e. The third-order valence-electron chi connectivity index (χ3n) is 7.43. The third kappa shape index (κ3) is 13.3. The predicted molar refractivity (Wildman–Crippen MR) is 174 cm³/mol. The molecule has 0 saturated heterocycles. The van der Waals surface area contributed by atoms with Crippen LogP contribution in [0.3, 0.4) is 0 Å². The summed E-state index contributed by atoms with van der Waals surface area (Å²) in [4.78, 5) is 4.87. The summed E-state index contributed by atoms with van der Waals surface area (Å²) < 4.78 is 31.5. The fourth-order valence-electron chi connectivity index (χ4n) is 5.36. The maximum absolute atomic E-state index is 6.59. The monoisotopic (exact) mass is 605 g/mol. The number of aromatic nitrogens is 1. The van der Waals surface area contributed by atoms with Crippen LogP contribution in [0.1, 0.15) is 119 Å². The van der Waals surface area contributed by atoms with Crippen LogP contribution < -0.4 is 15.4 Å². The van der Waals surface area contributed by atoms with Gasteiger partial charge in [0.2, 0.25) is 5.88 Å². The fraction of sp³-hybridized carbons (Fsp3) is 0.857. The predicted octanol–water partition coefficient (Wildman–Crippen LogP) is 6.40. The maximum atomic E-state index is 6.59. The van der Waals surface area contributed by atoms with Crippen molar-refractivity contribution in [1.29, 1.82) is 0 Å². The Hall–Kier alpha value is -1.29. The molecule has 1 aromatic heterocycles. The van der Waals surface area contributed by atoms with E-state index in [1.54, 1.807) is 0 Å². The average molecular weight is 606 g/mol. The van der Waals surface area contributed by atoms with E-state index in [0.717, 1.165) is 36.9 Å². The van der Waals surface area contributed by atoms with E-state index in [0.29, 0.717) is 45.0 Å². The molecule has 2 aliphatic rings. The summed E-state index contributed by atoms with van der Waals surface area (Å²) >= 11 is 0. The molecular weight excluding hydrogens is 542 g/mol. The van der Waals surface area contributed by atoms with Gasteiger partial charge in [-0.15, -0.1) is 0 Å². The van der Waals surface area contributed by atoms with E-state index in [4.69, 9.17) is 28.7 Å². The van der Waals surface area contributed by atoms with Gasteiger partial charge < -0.3 is 34.3 Å². The van der Waals surface area contributed by atoms with Crippen molar-refractivity contribution in [2.24, 2.45) is 5.41 Å². The van der Waals surface area contributed by atoms with E-state index in [2.05, 4.69) is 99.8 Å². The summed E-state index contributed by atoms with van der Waals surface area (Å²) in [5.41, 5.74) is 2.13. The van der Waals surface area contributed by atoms with Gasteiger partial charge in [-0.3, -0.25) is 0 Å². The SMILES string of the molecule is CC(C)(C)COCCO[C@H]1C[C@H](OCCNC(C)(C)C)C1c1cc(COC(C)(C)C)cnc1O[C@H]1C[C@@H](NC(C)(C)C)C1. The minimum absolute atomic E-state index is 0.0124. The molecule has 0 bridgehead atoms. The van der Waals surface area contributed by atoms with Crippen molar-refractivity contribution in [3.63, 3.8) is 0 Å². The lowest BCUT2D eigenvalue weighted by Crippen LogP contribution is -2.53. The lowest BCUT2D eigenvalue weighted by molar-refractivity contribution is -0.130. The molecule has 2 aliphatic carbocycles. The van der Waals surface area contributed by atoms with Gasteiger partial charge in [0.15, 0.2) is 0 Å². The van der Waals surface area contributed by atoms with Gasteiger partial charge in [0.1, 0.15) is 6.10 Å². The molecular formula is C35H63N3O5. The van der Waals surface area contributed by atoms with Crippen LogP contribution in [0.4, 0.5) is 0 Å². The van der Waals surface area contributed by atoms with Gasteiger partial charge in [-0.25, -0.2) is 4.98 Å². The molecule has 43 heavy (non-hydrogen) atoms. The second-order valence-electron chi connectivity index (χ2n) is 16.8. The van der Waals surface area contributed by atoms with Crippen LogP contribution in [-0.2, 0) is 25.6 Å². The van der Waals surface area contributed by atoms with Crippen molar-refractivity contribution < 1.29 is 23.7 Å². The first-order valence-corrected chi connectivity index (χ1v) is 16.4. The molecule has 0 amide bonds. The number of ether oxygens (including phenoxy) is 5. The highest BCUT2D eigenvalue weighted by Crippen LogP contribution is 2.45. The van der Waals surface area contributed by atoms with Crippen molar-refractivity contribution in [2.75, 3.05) is 33.0 Å². The molecule has 2 fully saturated rings. The number of nitrogens with one attached hydrogen (secondary N) is 2. The Bertz CT molecular complexity index is 983. The molecule has 2 saturated carbocycles. The minimum atomic E-state index is -0.239. The van der Waals surface area contributed by atoms with Crippen molar-refractivity contribution in [2.45, 2.75) is 156 Å². The molecule has 1 aromatic rings. The normalized spacial score (nSPS) is 24.9. The molecule has 0 spiro atoms. The van der Waals surface area contributed by atoms with Gasteiger partial charge in [0, 0.05) is 47.8 Å². The highest BCUT2D eigenvalue weighted by molar-refractivity contribution is 5.37.